The summed E-state index contributed by atoms with van der Waals surface area (Å²) in [5, 5.41) is 0. The molecule has 0 saturated heterocycles. The lowest BCUT2D eigenvalue weighted by Crippen LogP contribution is -2.32. The van der Waals surface area contributed by atoms with Crippen molar-refractivity contribution in [2.45, 2.75) is 33.2 Å². The lowest BCUT2D eigenvalue weighted by atomic mass is 10.0. The Morgan fingerprint density at radius 3 is 2.23 bits per heavy atom. The Morgan fingerprint density at radius 1 is 1.54 bits per heavy atom. The first kappa shape index (κ1) is 12.5. The molecule has 0 aliphatic heterocycles. The van der Waals surface area contributed by atoms with Gasteiger partial charge in [-0.05, 0) is 20.3 Å². The van der Waals surface area contributed by atoms with Gasteiger partial charge in [-0.3, -0.25) is 9.21 Å². The van der Waals surface area contributed by atoms with E-state index in [1.54, 1.807) is 0 Å². The number of allylic oxidation sites excluding steroid dienone is 1. The van der Waals surface area contributed by atoms with Crippen molar-refractivity contribution in [1.82, 2.24) is 4.42 Å². The maximum atomic E-state index is 11.5. The zero-order chi connectivity index (χ0) is 10.6. The predicted octanol–water partition coefficient (Wildman–Crippen LogP) is 1.67. The molecule has 3 nitrogen and oxygen atoms in total. The summed E-state index contributed by atoms with van der Waals surface area (Å²) in [4.78, 5) is 11.5. The van der Waals surface area contributed by atoms with Gasteiger partial charge in [0.05, 0.1) is 0 Å². The van der Waals surface area contributed by atoms with Gasteiger partial charge >= 0.3 is 0 Å². The summed E-state index contributed by atoms with van der Waals surface area (Å²) in [6.07, 6.45) is 0.733. The molecule has 0 aromatic carbocycles. The molecule has 1 atom stereocenters. The van der Waals surface area contributed by atoms with Gasteiger partial charge in [0.25, 0.3) is 5.91 Å². The third-order valence-corrected chi connectivity index (χ3v) is 2.01. The molecule has 0 bridgehead atoms. The minimum atomic E-state index is -0.223. The number of hydrogen-bond acceptors (Lipinski definition) is 2. The first-order valence-electron chi connectivity index (χ1n) is 4.28. The fraction of sp³-hybridized carbons (Fsp3) is 0.667. The van der Waals surface area contributed by atoms with E-state index in [-0.39, 0.29) is 11.9 Å². The van der Waals surface area contributed by atoms with Crippen LogP contribution < -0.4 is 5.73 Å². The zero-order valence-electron chi connectivity index (χ0n) is 8.60. The van der Waals surface area contributed by atoms with E-state index in [0.717, 1.165) is 16.4 Å². The summed E-state index contributed by atoms with van der Waals surface area (Å²) >= 11 is 5.56. The second-order valence-corrected chi connectivity index (χ2v) is 3.72. The molecular weight excluding hydrogens is 188 g/mol. The van der Waals surface area contributed by atoms with Crippen LogP contribution in [0.1, 0.15) is 27.2 Å². The van der Waals surface area contributed by atoms with Crippen molar-refractivity contribution in [3.05, 3.63) is 11.1 Å². The van der Waals surface area contributed by atoms with Crippen molar-refractivity contribution in [3.63, 3.8) is 0 Å². The fourth-order valence-electron chi connectivity index (χ4n) is 1.11. The van der Waals surface area contributed by atoms with E-state index in [1.165, 1.54) is 7.05 Å². The number of nitrogens with two attached hydrogens (primary N) is 1. The summed E-state index contributed by atoms with van der Waals surface area (Å²) in [6, 6.07) is -0.223. The van der Waals surface area contributed by atoms with Crippen LogP contribution in [-0.2, 0) is 4.79 Å². The molecule has 0 rings (SSSR count). The Morgan fingerprint density at radius 2 is 2.00 bits per heavy atom. The second-order valence-electron chi connectivity index (χ2n) is 3.21. The molecular formula is C9H17ClN2O. The normalized spacial score (nSPS) is 12.2. The number of carbonyl (C=O) groups is 1. The number of likely N-dealkylation sites (N-methyl/N-ethyl adjacent to an activating group) is 1. The van der Waals surface area contributed by atoms with Crippen LogP contribution in [0.15, 0.2) is 11.1 Å². The quantitative estimate of drug-likeness (QED) is 0.562. The molecule has 0 saturated carbocycles. The van der Waals surface area contributed by atoms with Crippen LogP contribution in [0.3, 0.4) is 0 Å². The highest BCUT2D eigenvalue weighted by Crippen LogP contribution is 2.13. The highest BCUT2D eigenvalue weighted by atomic mass is 35.5. The standard InChI is InChI=1S/C9H17ClN2O/c1-5-7(11)8(6(2)3)9(13)12(4)10/h7H,5,11H2,1-4H3. The molecule has 2 N–H and O–H groups in total. The molecule has 0 aliphatic rings. The predicted molar refractivity (Wildman–Crippen MR) is 55.3 cm³/mol. The van der Waals surface area contributed by atoms with Crippen molar-refractivity contribution < 1.29 is 4.79 Å². The van der Waals surface area contributed by atoms with Gasteiger partial charge in [-0.1, -0.05) is 12.5 Å². The molecule has 0 aromatic heterocycles. The summed E-state index contributed by atoms with van der Waals surface area (Å²) in [5.41, 5.74) is 7.33. The number of carbonyl (C=O) groups excluding carboxylic acids is 1. The van der Waals surface area contributed by atoms with E-state index in [1.807, 2.05) is 20.8 Å². The summed E-state index contributed by atoms with van der Waals surface area (Å²) in [6.45, 7) is 5.67. The summed E-state index contributed by atoms with van der Waals surface area (Å²) in [7, 11) is 1.51. The minimum absolute atomic E-state index is 0.212. The van der Waals surface area contributed by atoms with Crippen LogP contribution in [0.25, 0.3) is 0 Å². The Bertz CT molecular complexity index is 220. The first-order valence-corrected chi connectivity index (χ1v) is 4.62. The van der Waals surface area contributed by atoms with Crippen LogP contribution >= 0.6 is 11.8 Å². The van der Waals surface area contributed by atoms with Gasteiger partial charge in [-0.25, -0.2) is 0 Å². The van der Waals surface area contributed by atoms with Crippen LogP contribution in [0.4, 0.5) is 0 Å². The molecule has 4 heteroatoms. The molecule has 0 aliphatic carbocycles. The largest absolute Gasteiger partial charge is 0.324 e. The number of rotatable bonds is 3. The molecule has 0 radical (unpaired) electrons. The van der Waals surface area contributed by atoms with Crippen LogP contribution in [-0.4, -0.2) is 23.4 Å². The lowest BCUT2D eigenvalue weighted by Gasteiger charge is -2.17. The second kappa shape index (κ2) is 5.25. The van der Waals surface area contributed by atoms with Gasteiger partial charge in [0.15, 0.2) is 0 Å². The van der Waals surface area contributed by atoms with Crippen LogP contribution in [0, 0.1) is 0 Å². The molecule has 0 aromatic rings. The number of hydrogen-bond donors (Lipinski definition) is 1. The molecule has 0 heterocycles. The maximum absolute atomic E-state index is 11.5. The van der Waals surface area contributed by atoms with Crippen molar-refractivity contribution in [1.29, 1.82) is 0 Å². The average molecular weight is 205 g/mol. The number of halogens is 1. The Kier molecular flexibility index (Phi) is 5.03. The monoisotopic (exact) mass is 204 g/mol. The lowest BCUT2D eigenvalue weighted by molar-refractivity contribution is -0.122. The Hall–Kier alpha value is -0.540. The van der Waals surface area contributed by atoms with E-state index in [4.69, 9.17) is 17.5 Å². The van der Waals surface area contributed by atoms with Gasteiger partial charge in [0.1, 0.15) is 0 Å². The number of nitrogens with zero attached hydrogens (tertiary/aromatic N) is 1. The highest BCUT2D eigenvalue weighted by molar-refractivity contribution is 6.23. The van der Waals surface area contributed by atoms with Crippen molar-refractivity contribution in [2.24, 2.45) is 5.73 Å². The van der Waals surface area contributed by atoms with E-state index >= 15 is 0 Å². The van der Waals surface area contributed by atoms with Gasteiger partial charge < -0.3 is 5.73 Å². The maximum Gasteiger partial charge on any atom is 0.265 e. The number of amides is 1. The molecule has 13 heavy (non-hydrogen) atoms. The van der Waals surface area contributed by atoms with E-state index < -0.39 is 0 Å². The van der Waals surface area contributed by atoms with Gasteiger partial charge in [0, 0.05) is 30.4 Å². The topological polar surface area (TPSA) is 46.3 Å². The van der Waals surface area contributed by atoms with Crippen LogP contribution in [0.2, 0.25) is 0 Å². The first-order chi connectivity index (χ1) is 5.91. The van der Waals surface area contributed by atoms with Crippen molar-refractivity contribution >= 4 is 17.7 Å². The fourth-order valence-corrected chi connectivity index (χ4v) is 1.20. The Balaban J connectivity index is 4.85. The van der Waals surface area contributed by atoms with E-state index in [9.17, 15) is 4.79 Å². The third-order valence-electron chi connectivity index (χ3n) is 1.86. The summed E-state index contributed by atoms with van der Waals surface area (Å²) < 4.78 is 1.04. The van der Waals surface area contributed by atoms with Gasteiger partial charge in [-0.15, -0.1) is 0 Å². The highest BCUT2D eigenvalue weighted by Gasteiger charge is 2.19. The zero-order valence-corrected chi connectivity index (χ0v) is 9.35. The summed E-state index contributed by atoms with van der Waals surface area (Å²) in [5.74, 6) is -0.212. The van der Waals surface area contributed by atoms with E-state index in [0.29, 0.717) is 5.57 Å². The molecule has 1 unspecified atom stereocenters. The molecule has 1 amide bonds. The molecule has 76 valence electrons. The van der Waals surface area contributed by atoms with Gasteiger partial charge in [0.2, 0.25) is 0 Å². The van der Waals surface area contributed by atoms with Crippen molar-refractivity contribution in [2.75, 3.05) is 7.05 Å². The Labute approximate surface area is 84.6 Å². The smallest absolute Gasteiger partial charge is 0.265 e. The van der Waals surface area contributed by atoms with Gasteiger partial charge in [-0.2, -0.15) is 0 Å². The van der Waals surface area contributed by atoms with E-state index in [2.05, 4.69) is 0 Å². The SMILES string of the molecule is CCC(N)C(C(=O)N(C)Cl)=C(C)C. The average Bonchev–Trinajstić information content (AvgIpc) is 2.03. The van der Waals surface area contributed by atoms with Crippen LogP contribution in [0.5, 0.6) is 0 Å². The molecule has 0 fully saturated rings. The van der Waals surface area contributed by atoms with Crippen molar-refractivity contribution in [3.8, 4) is 0 Å². The minimum Gasteiger partial charge on any atom is -0.324 e. The third kappa shape index (κ3) is 3.36. The molecule has 0 spiro atoms.